The Hall–Kier alpha value is -1.47. The molecule has 0 aromatic heterocycles. The Kier molecular flexibility index (Phi) is 6.09. The SMILES string of the molecule is CC(CCS(C)=O)NC(=O)c1ccc([N+](=O)[O-])c(Cl)c1. The van der Waals surface area contributed by atoms with Crippen molar-refractivity contribution >= 4 is 34.0 Å². The molecule has 20 heavy (non-hydrogen) atoms. The normalized spacial score (nSPS) is 13.6. The molecule has 2 atom stereocenters. The Bertz CT molecular complexity index is 550. The van der Waals surface area contributed by atoms with Crippen molar-refractivity contribution in [3.8, 4) is 0 Å². The third kappa shape index (κ3) is 4.90. The van der Waals surface area contributed by atoms with Crippen molar-refractivity contribution in [1.29, 1.82) is 0 Å². The van der Waals surface area contributed by atoms with E-state index in [1.807, 2.05) is 0 Å². The summed E-state index contributed by atoms with van der Waals surface area (Å²) in [6.07, 6.45) is 2.19. The lowest BCUT2D eigenvalue weighted by atomic mass is 10.1. The number of nitrogens with zero attached hydrogens (tertiary/aromatic N) is 1. The predicted octanol–water partition coefficient (Wildman–Crippen LogP) is 2.14. The molecular formula is C12H15ClN2O4S. The minimum Gasteiger partial charge on any atom is -0.350 e. The molecule has 0 saturated carbocycles. The maximum absolute atomic E-state index is 11.9. The molecule has 1 aromatic carbocycles. The van der Waals surface area contributed by atoms with Crippen LogP contribution in [0.4, 0.5) is 5.69 Å². The number of carbonyl (C=O) groups is 1. The summed E-state index contributed by atoms with van der Waals surface area (Å²) in [5, 5.41) is 13.3. The Morgan fingerprint density at radius 1 is 1.55 bits per heavy atom. The third-order valence-electron chi connectivity index (χ3n) is 2.62. The van der Waals surface area contributed by atoms with E-state index in [0.29, 0.717) is 12.2 Å². The Labute approximate surface area is 124 Å². The molecule has 0 spiro atoms. The van der Waals surface area contributed by atoms with Gasteiger partial charge in [0.2, 0.25) is 0 Å². The summed E-state index contributed by atoms with van der Waals surface area (Å²) in [4.78, 5) is 21.9. The largest absolute Gasteiger partial charge is 0.350 e. The predicted molar refractivity (Wildman–Crippen MR) is 78.6 cm³/mol. The van der Waals surface area contributed by atoms with Gasteiger partial charge in [-0.1, -0.05) is 11.6 Å². The van der Waals surface area contributed by atoms with E-state index in [4.69, 9.17) is 11.6 Å². The number of nitro benzene ring substituents is 1. The highest BCUT2D eigenvalue weighted by Crippen LogP contribution is 2.24. The number of hydrogen-bond donors (Lipinski definition) is 1. The summed E-state index contributed by atoms with van der Waals surface area (Å²) >= 11 is 5.75. The molecule has 1 N–H and O–H groups in total. The number of rotatable bonds is 6. The number of carbonyl (C=O) groups excluding carboxylic acids is 1. The van der Waals surface area contributed by atoms with Crippen LogP contribution in [0.1, 0.15) is 23.7 Å². The van der Waals surface area contributed by atoms with E-state index in [0.717, 1.165) is 0 Å². The summed E-state index contributed by atoms with van der Waals surface area (Å²) < 4.78 is 11.0. The van der Waals surface area contributed by atoms with Gasteiger partial charge in [-0.25, -0.2) is 0 Å². The number of amides is 1. The molecule has 8 heteroatoms. The summed E-state index contributed by atoms with van der Waals surface area (Å²) in [5.74, 6) is 0.138. The average molecular weight is 319 g/mol. The van der Waals surface area contributed by atoms with Crippen LogP contribution < -0.4 is 5.32 Å². The Balaban J connectivity index is 2.71. The van der Waals surface area contributed by atoms with Crippen LogP contribution >= 0.6 is 11.6 Å². The molecule has 0 radical (unpaired) electrons. The zero-order chi connectivity index (χ0) is 15.3. The highest BCUT2D eigenvalue weighted by molar-refractivity contribution is 7.84. The van der Waals surface area contributed by atoms with Crippen molar-refractivity contribution in [3.05, 3.63) is 38.9 Å². The van der Waals surface area contributed by atoms with Gasteiger partial charge in [0.25, 0.3) is 11.6 Å². The first-order valence-corrected chi connectivity index (χ1v) is 7.96. The molecule has 0 aliphatic carbocycles. The standard InChI is InChI=1S/C12H15ClN2O4S/c1-8(5-6-20(2)19)14-12(16)9-3-4-11(15(17)18)10(13)7-9/h3-4,7-8H,5-6H2,1-2H3,(H,14,16). The number of nitro groups is 1. The molecule has 1 rings (SSSR count). The molecule has 1 aromatic rings. The smallest absolute Gasteiger partial charge is 0.287 e. The van der Waals surface area contributed by atoms with Gasteiger partial charge < -0.3 is 5.32 Å². The average Bonchev–Trinajstić information content (AvgIpc) is 2.35. The highest BCUT2D eigenvalue weighted by atomic mass is 35.5. The van der Waals surface area contributed by atoms with Crippen molar-refractivity contribution in [2.45, 2.75) is 19.4 Å². The molecule has 0 heterocycles. The van der Waals surface area contributed by atoms with Crippen LogP contribution in [-0.2, 0) is 10.8 Å². The lowest BCUT2D eigenvalue weighted by Gasteiger charge is -2.13. The van der Waals surface area contributed by atoms with Crippen LogP contribution in [0.3, 0.4) is 0 Å². The molecule has 0 aliphatic rings. The summed E-state index contributed by atoms with van der Waals surface area (Å²) in [7, 11) is -0.905. The van der Waals surface area contributed by atoms with E-state index in [9.17, 15) is 19.1 Å². The number of nitrogens with one attached hydrogen (secondary N) is 1. The minimum absolute atomic E-state index is 0.0787. The maximum atomic E-state index is 11.9. The quantitative estimate of drug-likeness (QED) is 0.642. The molecule has 110 valence electrons. The van der Waals surface area contributed by atoms with Gasteiger partial charge in [0.05, 0.1) is 4.92 Å². The number of benzene rings is 1. The molecule has 0 fully saturated rings. The zero-order valence-corrected chi connectivity index (χ0v) is 12.7. The monoisotopic (exact) mass is 318 g/mol. The van der Waals surface area contributed by atoms with Crippen molar-refractivity contribution < 1.29 is 13.9 Å². The van der Waals surface area contributed by atoms with Gasteiger partial charge in [-0.15, -0.1) is 0 Å². The van der Waals surface area contributed by atoms with Gasteiger partial charge in [0.15, 0.2) is 0 Å². The van der Waals surface area contributed by atoms with Crippen LogP contribution in [0.5, 0.6) is 0 Å². The third-order valence-corrected chi connectivity index (χ3v) is 3.74. The van der Waals surface area contributed by atoms with Crippen molar-refractivity contribution in [2.75, 3.05) is 12.0 Å². The molecular weight excluding hydrogens is 304 g/mol. The molecule has 1 amide bonds. The van der Waals surface area contributed by atoms with Gasteiger partial charge >= 0.3 is 0 Å². The molecule has 6 nitrogen and oxygen atoms in total. The van der Waals surface area contributed by atoms with Crippen LogP contribution in [-0.4, -0.2) is 33.1 Å². The maximum Gasteiger partial charge on any atom is 0.287 e. The summed E-state index contributed by atoms with van der Waals surface area (Å²) in [6.45, 7) is 1.80. The van der Waals surface area contributed by atoms with E-state index in [2.05, 4.69) is 5.32 Å². The molecule has 0 aliphatic heterocycles. The fourth-order valence-corrected chi connectivity index (χ4v) is 2.45. The Morgan fingerprint density at radius 3 is 2.70 bits per heavy atom. The minimum atomic E-state index is -0.905. The first kappa shape index (κ1) is 16.6. The van der Waals surface area contributed by atoms with Crippen LogP contribution in [0, 0.1) is 10.1 Å². The van der Waals surface area contributed by atoms with E-state index in [1.165, 1.54) is 18.2 Å². The zero-order valence-electron chi connectivity index (χ0n) is 11.1. The fourth-order valence-electron chi connectivity index (χ4n) is 1.52. The lowest BCUT2D eigenvalue weighted by Crippen LogP contribution is -2.33. The molecule has 2 unspecified atom stereocenters. The molecule has 0 saturated heterocycles. The first-order valence-electron chi connectivity index (χ1n) is 5.86. The highest BCUT2D eigenvalue weighted by Gasteiger charge is 2.16. The number of hydrogen-bond acceptors (Lipinski definition) is 4. The second-order valence-corrected chi connectivity index (χ2v) is 6.33. The summed E-state index contributed by atoms with van der Waals surface area (Å²) in [5.41, 5.74) is 0.0164. The second kappa shape index (κ2) is 7.35. The lowest BCUT2D eigenvalue weighted by molar-refractivity contribution is -0.384. The van der Waals surface area contributed by atoms with Gasteiger partial charge in [0, 0.05) is 40.5 Å². The van der Waals surface area contributed by atoms with E-state index in [-0.39, 0.29) is 28.2 Å². The van der Waals surface area contributed by atoms with Crippen LogP contribution in [0.25, 0.3) is 0 Å². The van der Waals surface area contributed by atoms with Crippen molar-refractivity contribution in [3.63, 3.8) is 0 Å². The van der Waals surface area contributed by atoms with E-state index < -0.39 is 15.7 Å². The second-order valence-electron chi connectivity index (χ2n) is 4.36. The van der Waals surface area contributed by atoms with E-state index in [1.54, 1.807) is 13.2 Å². The van der Waals surface area contributed by atoms with Gasteiger partial charge in [-0.2, -0.15) is 0 Å². The van der Waals surface area contributed by atoms with Crippen LogP contribution in [0.15, 0.2) is 18.2 Å². The van der Waals surface area contributed by atoms with Crippen molar-refractivity contribution in [1.82, 2.24) is 5.32 Å². The Morgan fingerprint density at radius 2 is 2.20 bits per heavy atom. The summed E-state index contributed by atoms with van der Waals surface area (Å²) in [6, 6.07) is 3.67. The van der Waals surface area contributed by atoms with Gasteiger partial charge in [0.1, 0.15) is 5.02 Å². The van der Waals surface area contributed by atoms with Crippen molar-refractivity contribution in [2.24, 2.45) is 0 Å². The fraction of sp³-hybridized carbons (Fsp3) is 0.417. The molecule has 0 bridgehead atoms. The van der Waals surface area contributed by atoms with Crippen LogP contribution in [0.2, 0.25) is 5.02 Å². The van der Waals surface area contributed by atoms with E-state index >= 15 is 0 Å². The van der Waals surface area contributed by atoms with Gasteiger partial charge in [-0.05, 0) is 25.5 Å². The van der Waals surface area contributed by atoms with Gasteiger partial charge in [-0.3, -0.25) is 19.1 Å². The first-order chi connectivity index (χ1) is 9.31. The topological polar surface area (TPSA) is 89.3 Å². The number of halogens is 1.